The van der Waals surface area contributed by atoms with Gasteiger partial charge in [-0.3, -0.25) is 14.4 Å². The first-order chi connectivity index (χ1) is 19.5. The van der Waals surface area contributed by atoms with Crippen molar-refractivity contribution in [1.29, 1.82) is 0 Å². The maximum absolute atomic E-state index is 11.3. The predicted octanol–water partition coefficient (Wildman–Crippen LogP) is -1.87. The van der Waals surface area contributed by atoms with E-state index in [1.807, 2.05) is 6.92 Å². The quantitative estimate of drug-likeness (QED) is 0.0840. The Kier molecular flexibility index (Phi) is 27.2. The van der Waals surface area contributed by atoms with Crippen molar-refractivity contribution < 1.29 is 57.0 Å². The van der Waals surface area contributed by atoms with Crippen molar-refractivity contribution in [2.45, 2.75) is 19.1 Å². The van der Waals surface area contributed by atoms with Crippen molar-refractivity contribution in [1.82, 2.24) is 16.0 Å². The van der Waals surface area contributed by atoms with Crippen molar-refractivity contribution in [2.75, 3.05) is 127 Å². The molecule has 0 saturated carbocycles. The number of ether oxygens (including phenoxy) is 9. The highest BCUT2D eigenvalue weighted by Crippen LogP contribution is 2.01. The second-order valence-corrected chi connectivity index (χ2v) is 8.05. The molecule has 0 heterocycles. The first kappa shape index (κ1) is 38.0. The molecule has 0 aromatic carbocycles. The number of nitrogens with one attached hydrogen (secondary N) is 3. The van der Waals surface area contributed by atoms with Crippen molar-refractivity contribution >= 4 is 17.7 Å². The van der Waals surface area contributed by atoms with Gasteiger partial charge in [-0.2, -0.15) is 0 Å². The molecule has 0 bridgehead atoms. The molecule has 0 saturated heterocycles. The number of rotatable bonds is 29. The van der Waals surface area contributed by atoms with Crippen LogP contribution in [0, 0.1) is 0 Å². The number of carbonyl (C=O) groups excluding carboxylic acids is 3. The van der Waals surface area contributed by atoms with E-state index < -0.39 is 6.10 Å². The third-order valence-corrected chi connectivity index (χ3v) is 4.86. The van der Waals surface area contributed by atoms with Crippen LogP contribution in [0.3, 0.4) is 0 Å². The molecule has 0 spiro atoms. The minimum Gasteiger partial charge on any atom is -0.379 e. The van der Waals surface area contributed by atoms with Crippen molar-refractivity contribution in [3.63, 3.8) is 0 Å². The first-order valence-corrected chi connectivity index (χ1v) is 13.4. The molecule has 15 nitrogen and oxygen atoms in total. The zero-order valence-corrected chi connectivity index (χ0v) is 24.4. The van der Waals surface area contributed by atoms with Gasteiger partial charge >= 0.3 is 0 Å². The Morgan fingerprint density at radius 2 is 0.800 bits per heavy atom. The molecule has 15 heteroatoms. The average molecular weight is 584 g/mol. The fourth-order valence-electron chi connectivity index (χ4n) is 2.69. The summed E-state index contributed by atoms with van der Waals surface area (Å²) in [5.74, 6) is -0.652. The predicted molar refractivity (Wildman–Crippen MR) is 143 cm³/mol. The Labute approximate surface area is 237 Å². The van der Waals surface area contributed by atoms with Crippen LogP contribution in [0.15, 0.2) is 0 Å². The second kappa shape index (κ2) is 28.6. The van der Waals surface area contributed by atoms with Crippen LogP contribution in [0.25, 0.3) is 0 Å². The van der Waals surface area contributed by atoms with E-state index in [1.54, 1.807) is 7.05 Å². The van der Waals surface area contributed by atoms with Gasteiger partial charge in [-0.05, 0) is 6.92 Å². The summed E-state index contributed by atoms with van der Waals surface area (Å²) in [4.78, 5) is 33.7. The smallest absolute Gasteiger partial charge is 0.245 e. The molecule has 2 atom stereocenters. The topological polar surface area (TPSA) is 170 Å². The summed E-state index contributed by atoms with van der Waals surface area (Å²) in [6, 6.07) is 0. The van der Waals surface area contributed by atoms with Crippen LogP contribution in [0.2, 0.25) is 0 Å². The third-order valence-electron chi connectivity index (χ3n) is 4.86. The SMILES string of the molecule is CCOCCOC(COCCOCC(=O)NC)COCC(COCCOCC(=O)NC)OCCOCC(=O)NC. The summed E-state index contributed by atoms with van der Waals surface area (Å²) < 4.78 is 49.8. The van der Waals surface area contributed by atoms with E-state index in [-0.39, 0.29) is 103 Å². The summed E-state index contributed by atoms with van der Waals surface area (Å²) >= 11 is 0. The van der Waals surface area contributed by atoms with E-state index in [2.05, 4.69) is 16.0 Å². The van der Waals surface area contributed by atoms with Crippen LogP contribution in [0.1, 0.15) is 6.92 Å². The Hall–Kier alpha value is -1.95. The maximum Gasteiger partial charge on any atom is 0.245 e. The van der Waals surface area contributed by atoms with Gasteiger partial charge in [-0.25, -0.2) is 0 Å². The summed E-state index contributed by atoms with van der Waals surface area (Å²) in [6.45, 7) is 5.61. The van der Waals surface area contributed by atoms with Gasteiger partial charge in [0.05, 0.1) is 79.3 Å². The molecule has 0 fully saturated rings. The Morgan fingerprint density at radius 1 is 0.475 bits per heavy atom. The second-order valence-electron chi connectivity index (χ2n) is 8.05. The van der Waals surface area contributed by atoms with Gasteiger partial charge in [0.2, 0.25) is 17.7 Å². The maximum atomic E-state index is 11.3. The van der Waals surface area contributed by atoms with Crippen molar-refractivity contribution in [3.8, 4) is 0 Å². The molecule has 3 amide bonds. The van der Waals surface area contributed by atoms with E-state index in [4.69, 9.17) is 42.6 Å². The standard InChI is InChI=1S/C25H49N3O12/c1-5-32-10-12-39-21(14-33-6-8-35-18-23(29)26-2)16-38-17-22(40-13-11-37-20-25(31)28-4)15-34-7-9-36-19-24(30)27-3/h21-22H,5-20H2,1-4H3,(H,26,29)(H,27,30)(H,28,31). The number of carbonyl (C=O) groups is 3. The largest absolute Gasteiger partial charge is 0.379 e. The van der Waals surface area contributed by atoms with Crippen LogP contribution < -0.4 is 16.0 Å². The van der Waals surface area contributed by atoms with Gasteiger partial charge in [0, 0.05) is 27.7 Å². The van der Waals surface area contributed by atoms with Gasteiger partial charge < -0.3 is 58.6 Å². The van der Waals surface area contributed by atoms with Gasteiger partial charge in [0.1, 0.15) is 32.0 Å². The molecular formula is C25H49N3O12. The molecule has 3 N–H and O–H groups in total. The van der Waals surface area contributed by atoms with E-state index in [1.165, 1.54) is 14.1 Å². The molecule has 0 aliphatic carbocycles. The fraction of sp³-hybridized carbons (Fsp3) is 0.880. The van der Waals surface area contributed by atoms with E-state index >= 15 is 0 Å². The van der Waals surface area contributed by atoms with E-state index in [0.717, 1.165) is 0 Å². The van der Waals surface area contributed by atoms with E-state index in [9.17, 15) is 14.4 Å². The normalized spacial score (nSPS) is 12.6. The highest BCUT2D eigenvalue weighted by molar-refractivity contribution is 5.77. The molecule has 0 aromatic rings. The van der Waals surface area contributed by atoms with Gasteiger partial charge in [0.25, 0.3) is 0 Å². The number of likely N-dealkylation sites (N-methyl/N-ethyl adjacent to an activating group) is 3. The zero-order chi connectivity index (χ0) is 29.7. The molecule has 0 aliphatic heterocycles. The fourth-order valence-corrected chi connectivity index (χ4v) is 2.69. The highest BCUT2D eigenvalue weighted by atomic mass is 16.6. The van der Waals surface area contributed by atoms with Crippen LogP contribution >= 0.6 is 0 Å². The van der Waals surface area contributed by atoms with Gasteiger partial charge in [-0.1, -0.05) is 0 Å². The zero-order valence-electron chi connectivity index (χ0n) is 24.4. The molecule has 2 unspecified atom stereocenters. The molecular weight excluding hydrogens is 534 g/mol. The third kappa shape index (κ3) is 25.0. The minimum absolute atomic E-state index is 0.0300. The number of hydrogen-bond acceptors (Lipinski definition) is 12. The van der Waals surface area contributed by atoms with Crippen LogP contribution in [-0.2, 0) is 57.0 Å². The number of amides is 3. The van der Waals surface area contributed by atoms with Gasteiger partial charge in [0.15, 0.2) is 0 Å². The monoisotopic (exact) mass is 583 g/mol. The molecule has 40 heavy (non-hydrogen) atoms. The lowest BCUT2D eigenvalue weighted by molar-refractivity contribution is -0.129. The Balaban J connectivity index is 4.55. The lowest BCUT2D eigenvalue weighted by Gasteiger charge is -2.22. The molecule has 0 rings (SSSR count). The minimum atomic E-state index is -0.425. The lowest BCUT2D eigenvalue weighted by Crippen LogP contribution is -2.33. The van der Waals surface area contributed by atoms with Crippen LogP contribution in [-0.4, -0.2) is 157 Å². The van der Waals surface area contributed by atoms with Crippen molar-refractivity contribution in [3.05, 3.63) is 0 Å². The summed E-state index contributed by atoms with van der Waals surface area (Å²) in [5, 5.41) is 7.43. The molecule has 236 valence electrons. The number of hydrogen-bond donors (Lipinski definition) is 3. The van der Waals surface area contributed by atoms with Crippen molar-refractivity contribution in [2.24, 2.45) is 0 Å². The van der Waals surface area contributed by atoms with Gasteiger partial charge in [-0.15, -0.1) is 0 Å². The summed E-state index contributed by atoms with van der Waals surface area (Å²) in [6.07, 6.45) is -0.791. The summed E-state index contributed by atoms with van der Waals surface area (Å²) in [7, 11) is 4.61. The molecule has 0 radical (unpaired) electrons. The lowest BCUT2D eigenvalue weighted by atomic mass is 10.3. The first-order valence-electron chi connectivity index (χ1n) is 13.4. The summed E-state index contributed by atoms with van der Waals surface area (Å²) in [5.41, 5.74) is 0. The van der Waals surface area contributed by atoms with E-state index in [0.29, 0.717) is 26.4 Å². The van der Waals surface area contributed by atoms with Crippen LogP contribution in [0.5, 0.6) is 0 Å². The molecule has 0 aromatic heterocycles. The molecule has 0 aliphatic rings. The Bertz CT molecular complexity index is 630. The Morgan fingerprint density at radius 3 is 1.18 bits per heavy atom. The van der Waals surface area contributed by atoms with Crippen LogP contribution in [0.4, 0.5) is 0 Å². The average Bonchev–Trinajstić information content (AvgIpc) is 2.97. The highest BCUT2D eigenvalue weighted by Gasteiger charge is 2.15.